The predicted molar refractivity (Wildman–Crippen MR) is 81.3 cm³/mol. The molecule has 21 heavy (non-hydrogen) atoms. The lowest BCUT2D eigenvalue weighted by Gasteiger charge is -2.35. The third-order valence-corrected chi connectivity index (χ3v) is 6.23. The molecule has 0 atom stereocenters. The van der Waals surface area contributed by atoms with Gasteiger partial charge in [-0.25, -0.2) is 0 Å². The number of piperidine rings is 1. The highest BCUT2D eigenvalue weighted by atomic mass is 32.2. The van der Waals surface area contributed by atoms with Crippen LogP contribution in [0.2, 0.25) is 0 Å². The summed E-state index contributed by atoms with van der Waals surface area (Å²) in [6, 6.07) is 0. The summed E-state index contributed by atoms with van der Waals surface area (Å²) in [5, 5.41) is 12.2. The minimum absolute atomic E-state index is 0.0232. The van der Waals surface area contributed by atoms with Gasteiger partial charge in [-0.15, -0.1) is 0 Å². The van der Waals surface area contributed by atoms with Gasteiger partial charge in [0.05, 0.1) is 5.54 Å². The molecule has 1 heterocycles. The summed E-state index contributed by atoms with van der Waals surface area (Å²) in [6.45, 7) is 1.09. The number of amidine groups is 1. The average molecular weight is 318 g/mol. The number of nitrogens with two attached hydrogens (primary N) is 1. The van der Waals surface area contributed by atoms with Crippen LogP contribution >= 0.6 is 0 Å². The van der Waals surface area contributed by atoms with E-state index in [1.54, 1.807) is 0 Å². The summed E-state index contributed by atoms with van der Waals surface area (Å²) < 4.78 is 29.5. The van der Waals surface area contributed by atoms with E-state index in [9.17, 15) is 8.42 Å². The maximum atomic E-state index is 12.6. The molecule has 122 valence electrons. The van der Waals surface area contributed by atoms with Crippen LogP contribution in [-0.2, 0) is 10.2 Å². The smallest absolute Gasteiger partial charge is 0.280 e. The summed E-state index contributed by atoms with van der Waals surface area (Å²) in [6.07, 6.45) is 7.84. The van der Waals surface area contributed by atoms with E-state index in [0.29, 0.717) is 25.9 Å². The molecule has 0 aromatic rings. The Morgan fingerprint density at radius 3 is 2.10 bits per heavy atom. The fourth-order valence-electron chi connectivity index (χ4n) is 3.25. The fourth-order valence-corrected chi connectivity index (χ4v) is 4.93. The first-order valence-corrected chi connectivity index (χ1v) is 9.21. The maximum Gasteiger partial charge on any atom is 0.280 e. The van der Waals surface area contributed by atoms with Crippen molar-refractivity contribution in [2.24, 2.45) is 10.9 Å². The molecule has 2 fully saturated rings. The Bertz CT molecular complexity index is 464. The first-order valence-electron chi connectivity index (χ1n) is 7.77. The number of nitrogens with zero attached hydrogens (tertiary/aromatic N) is 2. The highest BCUT2D eigenvalue weighted by Gasteiger charge is 2.41. The van der Waals surface area contributed by atoms with E-state index < -0.39 is 15.7 Å². The lowest BCUT2D eigenvalue weighted by Crippen LogP contribution is -2.60. The zero-order valence-electron chi connectivity index (χ0n) is 12.4. The van der Waals surface area contributed by atoms with Crippen LogP contribution in [0.3, 0.4) is 0 Å². The van der Waals surface area contributed by atoms with E-state index in [0.717, 1.165) is 44.9 Å². The van der Waals surface area contributed by atoms with Crippen LogP contribution in [0.15, 0.2) is 5.16 Å². The van der Waals surface area contributed by atoms with E-state index in [2.05, 4.69) is 9.88 Å². The summed E-state index contributed by atoms with van der Waals surface area (Å²) in [5.74, 6) is -0.0232. The molecule has 7 nitrogen and oxygen atoms in total. The van der Waals surface area contributed by atoms with E-state index in [-0.39, 0.29) is 5.84 Å². The van der Waals surface area contributed by atoms with Crippen LogP contribution in [-0.4, -0.2) is 42.4 Å². The minimum Gasteiger partial charge on any atom is -0.409 e. The monoisotopic (exact) mass is 318 g/mol. The molecule has 1 saturated heterocycles. The highest BCUT2D eigenvalue weighted by Crippen LogP contribution is 2.29. The van der Waals surface area contributed by atoms with Gasteiger partial charge in [-0.05, 0) is 25.7 Å². The fraction of sp³-hybridized carbons (Fsp3) is 0.923. The van der Waals surface area contributed by atoms with Gasteiger partial charge in [0.1, 0.15) is 0 Å². The molecule has 1 saturated carbocycles. The molecule has 0 unspecified atom stereocenters. The molecule has 0 amide bonds. The van der Waals surface area contributed by atoms with Crippen molar-refractivity contribution in [3.63, 3.8) is 0 Å². The molecule has 2 aliphatic rings. The second-order valence-electron chi connectivity index (χ2n) is 6.05. The second kappa shape index (κ2) is 6.93. The van der Waals surface area contributed by atoms with Crippen molar-refractivity contribution in [2.75, 3.05) is 13.1 Å². The topological polar surface area (TPSA) is 108 Å². The normalized spacial score (nSPS) is 25.4. The molecule has 0 bridgehead atoms. The Morgan fingerprint density at radius 2 is 1.57 bits per heavy atom. The van der Waals surface area contributed by atoms with Crippen molar-refractivity contribution in [2.45, 2.75) is 63.3 Å². The quantitative estimate of drug-likeness (QED) is 0.237. The van der Waals surface area contributed by atoms with Crippen molar-refractivity contribution in [3.8, 4) is 0 Å². The zero-order valence-corrected chi connectivity index (χ0v) is 13.2. The van der Waals surface area contributed by atoms with Gasteiger partial charge in [0.25, 0.3) is 10.2 Å². The standard InChI is InChI=1S/C13H26N4O3S/c14-12(15-18)13(8-4-1-2-5-9-13)16-21(19,20)17-10-6-3-7-11-17/h16,18H,1-11H2,(H2,14,15). The molecule has 1 aliphatic heterocycles. The lowest BCUT2D eigenvalue weighted by atomic mass is 9.90. The minimum atomic E-state index is -3.60. The van der Waals surface area contributed by atoms with Gasteiger partial charge in [-0.3, -0.25) is 0 Å². The third-order valence-electron chi connectivity index (χ3n) is 4.53. The van der Waals surface area contributed by atoms with Crippen LogP contribution < -0.4 is 10.5 Å². The highest BCUT2D eigenvalue weighted by molar-refractivity contribution is 7.87. The van der Waals surface area contributed by atoms with Gasteiger partial charge < -0.3 is 10.9 Å². The van der Waals surface area contributed by atoms with Crippen molar-refractivity contribution in [3.05, 3.63) is 0 Å². The third kappa shape index (κ3) is 3.87. The van der Waals surface area contributed by atoms with E-state index in [4.69, 9.17) is 10.9 Å². The van der Waals surface area contributed by atoms with Crippen molar-refractivity contribution in [1.82, 2.24) is 9.03 Å². The molecular weight excluding hydrogens is 292 g/mol. The molecule has 2 rings (SSSR count). The van der Waals surface area contributed by atoms with Gasteiger partial charge in [0, 0.05) is 13.1 Å². The Hall–Kier alpha value is -0.860. The maximum absolute atomic E-state index is 12.6. The average Bonchev–Trinajstić information content (AvgIpc) is 2.73. The van der Waals surface area contributed by atoms with Gasteiger partial charge >= 0.3 is 0 Å². The Balaban J connectivity index is 2.21. The molecule has 0 aromatic heterocycles. The summed E-state index contributed by atoms with van der Waals surface area (Å²) in [5.41, 5.74) is 4.90. The van der Waals surface area contributed by atoms with Gasteiger partial charge in [-0.1, -0.05) is 37.3 Å². The summed E-state index contributed by atoms with van der Waals surface area (Å²) >= 11 is 0. The molecule has 8 heteroatoms. The lowest BCUT2D eigenvalue weighted by molar-refractivity contribution is 0.301. The second-order valence-corrected chi connectivity index (χ2v) is 7.72. The molecule has 1 aliphatic carbocycles. The molecule has 0 spiro atoms. The number of hydrogen-bond acceptors (Lipinski definition) is 4. The number of oxime groups is 1. The Kier molecular flexibility index (Phi) is 5.45. The van der Waals surface area contributed by atoms with E-state index in [1.807, 2.05) is 0 Å². The number of nitrogens with one attached hydrogen (secondary N) is 1. The largest absolute Gasteiger partial charge is 0.409 e. The number of hydrogen-bond donors (Lipinski definition) is 3. The van der Waals surface area contributed by atoms with Crippen LogP contribution in [0.1, 0.15) is 57.8 Å². The van der Waals surface area contributed by atoms with Crippen LogP contribution in [0.4, 0.5) is 0 Å². The first-order chi connectivity index (χ1) is 10.0. The number of rotatable bonds is 4. The molecule has 0 aromatic carbocycles. The summed E-state index contributed by atoms with van der Waals surface area (Å²) in [4.78, 5) is 0. The Labute approximate surface area is 126 Å². The van der Waals surface area contributed by atoms with Crippen molar-refractivity contribution in [1.29, 1.82) is 0 Å². The van der Waals surface area contributed by atoms with Crippen LogP contribution in [0, 0.1) is 0 Å². The predicted octanol–water partition coefficient (Wildman–Crippen LogP) is 1.15. The first kappa shape index (κ1) is 16.5. The van der Waals surface area contributed by atoms with Crippen molar-refractivity contribution < 1.29 is 13.6 Å². The molecular formula is C13H26N4O3S. The SMILES string of the molecule is N/C(=N/O)C1(NS(=O)(=O)N2CCCCC2)CCCCCC1. The van der Waals surface area contributed by atoms with E-state index in [1.165, 1.54) is 4.31 Å². The molecule has 0 radical (unpaired) electrons. The van der Waals surface area contributed by atoms with Crippen LogP contribution in [0.5, 0.6) is 0 Å². The van der Waals surface area contributed by atoms with E-state index >= 15 is 0 Å². The van der Waals surface area contributed by atoms with Crippen molar-refractivity contribution >= 4 is 16.0 Å². The van der Waals surface area contributed by atoms with Gasteiger partial charge in [0.2, 0.25) is 0 Å². The van der Waals surface area contributed by atoms with Gasteiger partial charge in [-0.2, -0.15) is 17.4 Å². The zero-order chi connectivity index (χ0) is 15.3. The summed E-state index contributed by atoms with van der Waals surface area (Å²) in [7, 11) is -3.60. The van der Waals surface area contributed by atoms with Crippen LogP contribution in [0.25, 0.3) is 0 Å². The van der Waals surface area contributed by atoms with Gasteiger partial charge in [0.15, 0.2) is 5.84 Å². The Morgan fingerprint density at radius 1 is 1.05 bits per heavy atom. The molecule has 4 N–H and O–H groups in total.